The second kappa shape index (κ2) is 44.6. The van der Waals surface area contributed by atoms with Crippen LogP contribution in [0.5, 0.6) is 0 Å². The highest BCUT2D eigenvalue weighted by Gasteiger charge is 2.60. The first kappa shape index (κ1) is 104. The number of carbonyl (C=O) groups excluding carboxylic acids is 3. The van der Waals surface area contributed by atoms with Crippen molar-refractivity contribution in [3.63, 3.8) is 0 Å². The van der Waals surface area contributed by atoms with Gasteiger partial charge in [-0.25, -0.2) is 64.6 Å². The molecule has 8 aromatic heterocycles. The average molecular weight is 1950 g/mol. The molecule has 7 aliphatic rings. The fourth-order valence-corrected chi connectivity index (χ4v) is 18.7. The Hall–Kier alpha value is -11.4. The Balaban J connectivity index is 0.000000143. The lowest BCUT2D eigenvalue weighted by atomic mass is 9.86. The number of benzene rings is 3. The molecule has 0 unspecified atom stereocenters. The maximum atomic E-state index is 12.6. The van der Waals surface area contributed by atoms with Gasteiger partial charge in [0.25, 0.3) is 0 Å². The van der Waals surface area contributed by atoms with E-state index in [1.807, 2.05) is 117 Å². The van der Waals surface area contributed by atoms with Gasteiger partial charge in [0, 0.05) is 78.5 Å². The predicted octanol–water partition coefficient (Wildman–Crippen LogP) is 5.99. The van der Waals surface area contributed by atoms with Crippen LogP contribution in [-0.2, 0) is 92.0 Å². The highest BCUT2D eigenvalue weighted by Crippen LogP contribution is 2.48. The molecule has 44 heteroatoms. The summed E-state index contributed by atoms with van der Waals surface area (Å²) in [5, 5.41) is 30.2. The molecule has 3 aromatic carbocycles. The van der Waals surface area contributed by atoms with Gasteiger partial charge >= 0.3 is 6.09 Å². The lowest BCUT2D eigenvalue weighted by molar-refractivity contribution is -0.198. The Morgan fingerprint density at radius 3 is 1.02 bits per heavy atom. The van der Waals surface area contributed by atoms with Gasteiger partial charge in [0.1, 0.15) is 127 Å². The molecule has 11 aromatic rings. The van der Waals surface area contributed by atoms with Gasteiger partial charge in [-0.2, -0.15) is 0 Å². The van der Waals surface area contributed by atoms with E-state index in [0.29, 0.717) is 153 Å². The molecule has 0 saturated carbocycles. The molecule has 7 aliphatic heterocycles. The maximum absolute atomic E-state index is 12.6. The zero-order chi connectivity index (χ0) is 101. The number of anilines is 4. The summed E-state index contributed by atoms with van der Waals surface area (Å²) in [5.41, 5.74) is 39.3. The normalized spacial score (nSPS) is 24.7. The van der Waals surface area contributed by atoms with Gasteiger partial charge in [-0.3, -0.25) is 47.5 Å². The summed E-state index contributed by atoms with van der Waals surface area (Å²) in [6.07, 6.45) is 4.81. The second-order valence-corrected chi connectivity index (χ2v) is 39.6. The van der Waals surface area contributed by atoms with E-state index in [4.69, 9.17) is 80.8 Å². The van der Waals surface area contributed by atoms with Crippen LogP contribution >= 0.6 is 0 Å². The number of rotatable bonds is 33. The number of nitrogens with zero attached hydrogens (tertiary/aromatic N) is 20. The van der Waals surface area contributed by atoms with Crippen LogP contribution in [0.3, 0.4) is 0 Å². The first-order valence-corrected chi connectivity index (χ1v) is 48.3. The van der Waals surface area contributed by atoms with Gasteiger partial charge in [-0.05, 0) is 106 Å². The summed E-state index contributed by atoms with van der Waals surface area (Å²) >= 11 is 0. The van der Waals surface area contributed by atoms with Crippen LogP contribution in [0, 0.1) is 0 Å². The number of likely N-dealkylation sites (N-methyl/N-ethyl adjacent to an activating group) is 4. The van der Waals surface area contributed by atoms with E-state index in [9.17, 15) is 24.6 Å². The maximum Gasteiger partial charge on any atom is 0.407 e. The van der Waals surface area contributed by atoms with Crippen LogP contribution in [0.15, 0.2) is 129 Å². The Labute approximate surface area is 819 Å². The summed E-state index contributed by atoms with van der Waals surface area (Å²) in [7, 11) is 0. The van der Waals surface area contributed by atoms with Crippen molar-refractivity contribution in [2.24, 2.45) is 5.73 Å². The number of nitrogen functional groups attached to an aromatic ring is 4. The summed E-state index contributed by atoms with van der Waals surface area (Å²) in [5.74, 6) is -0.990. The second-order valence-electron chi connectivity index (χ2n) is 39.6. The quantitative estimate of drug-likeness (QED) is 0.0226. The zero-order valence-corrected chi connectivity index (χ0v) is 83.2. The molecule has 0 aliphatic carbocycles. The molecule has 7 saturated heterocycles. The molecule has 44 nitrogen and oxygen atoms in total. The number of hydrogen-bond donors (Lipinski definition) is 10. The molecule has 0 spiro atoms. The van der Waals surface area contributed by atoms with Crippen LogP contribution < -0.4 is 44.6 Å². The van der Waals surface area contributed by atoms with Gasteiger partial charge in [0.15, 0.2) is 88.1 Å². The molecule has 16 atom stereocenters. The van der Waals surface area contributed by atoms with Crippen molar-refractivity contribution in [1.29, 1.82) is 0 Å². The molecular weight excluding hydrogens is 1810 g/mol. The van der Waals surface area contributed by atoms with Gasteiger partial charge in [-0.15, -0.1) is 0 Å². The van der Waals surface area contributed by atoms with Gasteiger partial charge < -0.3 is 107 Å². The number of ether oxygens (including phenoxy) is 11. The van der Waals surface area contributed by atoms with Crippen LogP contribution in [0.4, 0.5) is 28.1 Å². The van der Waals surface area contributed by atoms with Gasteiger partial charge in [0.05, 0.1) is 38.2 Å². The number of hydrogen-bond acceptors (Lipinski definition) is 37. The summed E-state index contributed by atoms with van der Waals surface area (Å²) in [6, 6.07) is 26.0. The average Bonchev–Trinajstić information content (AvgIpc) is 1.59. The number of aromatic nitrogens is 16. The Morgan fingerprint density at radius 1 is 0.390 bits per heavy atom. The zero-order valence-electron chi connectivity index (χ0n) is 83.2. The number of nitrogens with two attached hydrogens (primary N) is 5. The Kier molecular flexibility index (Phi) is 32.9. The summed E-state index contributed by atoms with van der Waals surface area (Å²) < 4.78 is 75.3. The number of fused-ring (bicyclic) bond motifs is 7. The van der Waals surface area contributed by atoms with E-state index in [0.717, 1.165) is 42.9 Å². The Bertz CT molecular complexity index is 6000. The molecule has 18 rings (SSSR count). The molecule has 141 heavy (non-hydrogen) atoms. The predicted molar refractivity (Wildman–Crippen MR) is 524 cm³/mol. The van der Waals surface area contributed by atoms with Crippen LogP contribution in [0.1, 0.15) is 164 Å². The van der Waals surface area contributed by atoms with Crippen molar-refractivity contribution >= 4 is 85.8 Å². The molecule has 15 heterocycles. The van der Waals surface area contributed by atoms with Gasteiger partial charge in [-0.1, -0.05) is 148 Å². The van der Waals surface area contributed by atoms with Crippen molar-refractivity contribution in [2.75, 3.05) is 128 Å². The Morgan fingerprint density at radius 2 is 0.695 bits per heavy atom. The number of nitrogens with one attached hydrogen (secondary N) is 3. The number of aliphatic hydroxyl groups is 2. The fraction of sp³-hybridized carbons (Fsp3) is 0.577. The number of aliphatic hydroxyl groups excluding tert-OH is 2. The summed E-state index contributed by atoms with van der Waals surface area (Å²) in [4.78, 5) is 96.6. The van der Waals surface area contributed by atoms with Crippen LogP contribution in [0.2, 0.25) is 0 Å². The molecule has 3 amide bonds. The minimum Gasteiger partial charge on any atom is -0.445 e. The number of carbonyl (C=O) groups is 3. The van der Waals surface area contributed by atoms with Gasteiger partial charge in [0.2, 0.25) is 11.8 Å². The highest BCUT2D eigenvalue weighted by molar-refractivity contribution is 5.84. The monoisotopic (exact) mass is 1950 g/mol. The molecule has 762 valence electrons. The molecule has 7 fully saturated rings. The van der Waals surface area contributed by atoms with E-state index in [1.165, 1.54) is 42.8 Å². The van der Waals surface area contributed by atoms with Crippen LogP contribution in [0.25, 0.3) is 44.7 Å². The van der Waals surface area contributed by atoms with Crippen molar-refractivity contribution in [3.8, 4) is 0 Å². The van der Waals surface area contributed by atoms with Crippen molar-refractivity contribution in [2.45, 2.75) is 257 Å². The lowest BCUT2D eigenvalue weighted by Crippen LogP contribution is -2.43. The minimum absolute atomic E-state index is 0.0133. The standard InChI is InChI=1S/C29H41N7O4.C26H37N7O4.C25H33N7O5.C17H27N7O3/c1-7-35(13-12-31-21(37)14-18-8-10-19(11-9-18)28(2,3)4)15-20-23-24(40-29(5,6)39-23)27(38-20)36-17-34-22-25(30)32-16-33-26(22)36;1-5-32(11-10-28-19(34)12-16-6-8-17(9-7-16)26(2,3)4)13-18-21(35)22(36)25(37-18)33-15-31-20-23(27)29-14-30-24(20)33;1-4-31(11-10-27-24(33)34-13-16-8-6-5-7-9-16)12-17-19-20(37-25(2,3)36-19)23(35-17)32-15-30-18-21(26)28-14-29-22(18)32;1-4-23(6-5-18)7-10-12-13(27-17(2,3)26-12)16(25-10)24-9-22-11-14(19)20-8-21-15(11)24/h8-11,16-17,20,23-24,27H,7,12-15H2,1-6H3,(H,31,37)(H2,30,32,33);6-9,14-15,18,21-22,25,35-36H,5,10-13H2,1-4H3,(H,28,34)(H2,27,29,30);5-9,14-15,17,19-20,23H,4,10-13H2,1-3H3,(H,27,33)(H2,26,28,29);8-10,12-13,16H,4-7,18H2,1-3H3,(H2,19,20,21)/t20-,23-,24-,27-;18-,21-,22-,25-;17-,19-,20-,23-;10-,12-,13-,16-/m1111/s1. The number of imidazole rings is 4. The van der Waals surface area contributed by atoms with E-state index >= 15 is 0 Å². The third-order valence-corrected chi connectivity index (χ3v) is 26.1. The largest absolute Gasteiger partial charge is 0.445 e. The molecule has 15 N–H and O–H groups in total. The first-order valence-electron chi connectivity index (χ1n) is 48.3. The van der Waals surface area contributed by atoms with Crippen molar-refractivity contribution in [1.82, 2.24) is 114 Å². The highest BCUT2D eigenvalue weighted by atomic mass is 16.8. The minimum atomic E-state index is -1.17. The summed E-state index contributed by atoms with van der Waals surface area (Å²) in [6.45, 7) is 43.2. The smallest absolute Gasteiger partial charge is 0.407 e. The van der Waals surface area contributed by atoms with Crippen molar-refractivity contribution in [3.05, 3.63) is 157 Å². The lowest BCUT2D eigenvalue weighted by Gasteiger charge is -2.28. The molecule has 0 bridgehead atoms. The van der Waals surface area contributed by atoms with E-state index in [2.05, 4.69) is 182 Å². The van der Waals surface area contributed by atoms with Crippen LogP contribution in [-0.4, -0.2) is 321 Å². The van der Waals surface area contributed by atoms with E-state index in [-0.39, 0.29) is 90.0 Å². The van der Waals surface area contributed by atoms with E-state index in [1.54, 1.807) is 23.5 Å². The molecule has 0 radical (unpaired) electrons. The fourth-order valence-electron chi connectivity index (χ4n) is 18.7. The third kappa shape index (κ3) is 24.7. The molecular formula is C97H138N28O16. The van der Waals surface area contributed by atoms with Crippen molar-refractivity contribution < 1.29 is 76.7 Å². The number of alkyl carbamates (subject to hydrolysis) is 1. The third-order valence-electron chi connectivity index (χ3n) is 26.1. The topological polar surface area (TPSA) is 547 Å². The number of amides is 3. The van der Waals surface area contributed by atoms with E-state index < -0.39 is 66.7 Å². The SMILES string of the molecule is CCN(CCN)C[C@H]1O[C@@H](n2cnc3c(N)ncnc32)[C@@H]2OC(C)(C)O[C@@H]21.CCN(CCNC(=O)Cc1ccc(C(C)(C)C)cc1)C[C@H]1O[C@@H](n2cnc3c(N)ncnc32)[C@@H]2OC(C)(C)O[C@@H]21.CCN(CCNC(=O)Cc1ccc(C(C)(C)C)cc1)C[C@H]1O[C@@H](n2cnc3c(N)ncnc32)[C@H](O)[C@@H]1O.CCN(CCNC(=O)OCc1ccccc1)C[C@H]1O[C@@H](n2cnc3c(N)ncnc32)[C@@H]2OC(C)(C)O[C@@H]21. The first-order chi connectivity index (χ1) is 67.3.